The molecule has 0 aliphatic carbocycles. The van der Waals surface area contributed by atoms with Crippen LogP contribution < -0.4 is 15.4 Å². The number of hydrogen-bond donors (Lipinski definition) is 1. The molecule has 0 fully saturated rings. The largest absolute Gasteiger partial charge is 0.478 e. The summed E-state index contributed by atoms with van der Waals surface area (Å²) in [5.41, 5.74) is 7.32. The van der Waals surface area contributed by atoms with Crippen molar-refractivity contribution in [2.45, 2.75) is 26.5 Å². The van der Waals surface area contributed by atoms with Crippen LogP contribution in [-0.4, -0.2) is 18.6 Å². The van der Waals surface area contributed by atoms with Crippen LogP contribution in [0.5, 0.6) is 5.75 Å². The van der Waals surface area contributed by atoms with Crippen molar-refractivity contribution in [1.82, 2.24) is 0 Å². The van der Waals surface area contributed by atoms with Crippen molar-refractivity contribution in [2.24, 2.45) is 11.7 Å². The summed E-state index contributed by atoms with van der Waals surface area (Å²) in [6.45, 7) is 4.59. The summed E-state index contributed by atoms with van der Waals surface area (Å²) in [4.78, 5) is 14.0. The van der Waals surface area contributed by atoms with Gasteiger partial charge < -0.3 is 10.5 Å². The van der Waals surface area contributed by atoms with E-state index in [0.29, 0.717) is 12.3 Å². The van der Waals surface area contributed by atoms with Crippen LogP contribution in [-0.2, 0) is 11.3 Å². The van der Waals surface area contributed by atoms with Crippen LogP contribution >= 0.6 is 0 Å². The summed E-state index contributed by atoms with van der Waals surface area (Å²) in [6, 6.07) is 5.60. The van der Waals surface area contributed by atoms with Crippen molar-refractivity contribution < 1.29 is 9.53 Å². The smallest absolute Gasteiger partial charge is 0.269 e. The van der Waals surface area contributed by atoms with E-state index >= 15 is 0 Å². The maximum Gasteiger partial charge on any atom is 0.269 e. The molecule has 1 aromatic carbocycles. The van der Waals surface area contributed by atoms with Crippen molar-refractivity contribution in [3.63, 3.8) is 0 Å². The second kappa shape index (κ2) is 5.33. The number of anilines is 1. The van der Waals surface area contributed by atoms with E-state index in [4.69, 9.17) is 16.9 Å². The molecule has 4 nitrogen and oxygen atoms in total. The molecule has 1 aromatic rings. The molecule has 1 aliphatic heterocycles. The molecule has 1 aliphatic rings. The zero-order valence-corrected chi connectivity index (χ0v) is 11.2. The molecular weight excluding hydrogens is 240 g/mol. The molecule has 0 saturated carbocycles. The Morgan fingerprint density at radius 1 is 1.53 bits per heavy atom. The van der Waals surface area contributed by atoms with Gasteiger partial charge in [-0.05, 0) is 23.6 Å². The first-order chi connectivity index (χ1) is 9.08. The number of amides is 1. The zero-order valence-electron chi connectivity index (χ0n) is 11.2. The normalized spacial score (nSPS) is 17.9. The molecule has 100 valence electrons. The highest BCUT2D eigenvalue weighted by atomic mass is 16.5. The Morgan fingerprint density at radius 3 is 2.84 bits per heavy atom. The maximum absolute atomic E-state index is 12.4. The van der Waals surface area contributed by atoms with Gasteiger partial charge in [-0.25, -0.2) is 0 Å². The summed E-state index contributed by atoms with van der Waals surface area (Å²) < 4.78 is 5.81. The predicted molar refractivity (Wildman–Crippen MR) is 74.8 cm³/mol. The van der Waals surface area contributed by atoms with Crippen LogP contribution in [0.2, 0.25) is 0 Å². The maximum atomic E-state index is 12.4. The summed E-state index contributed by atoms with van der Waals surface area (Å²) in [7, 11) is 0. The molecule has 1 heterocycles. The monoisotopic (exact) mass is 258 g/mol. The molecule has 19 heavy (non-hydrogen) atoms. The molecule has 4 heteroatoms. The van der Waals surface area contributed by atoms with Crippen molar-refractivity contribution in [2.75, 3.05) is 11.4 Å². The van der Waals surface area contributed by atoms with Crippen LogP contribution in [0, 0.1) is 18.3 Å². The second-order valence-corrected chi connectivity index (χ2v) is 4.92. The molecular formula is C15H18N2O2. The highest BCUT2D eigenvalue weighted by Crippen LogP contribution is 2.36. The molecule has 0 saturated heterocycles. The highest BCUT2D eigenvalue weighted by molar-refractivity contribution is 6.00. The number of ether oxygens (including phenoxy) is 1. The summed E-state index contributed by atoms with van der Waals surface area (Å²) in [6.07, 6.45) is 4.86. The van der Waals surface area contributed by atoms with Gasteiger partial charge in [-0.15, -0.1) is 6.42 Å². The second-order valence-electron chi connectivity index (χ2n) is 4.92. The third kappa shape index (κ3) is 2.42. The van der Waals surface area contributed by atoms with Crippen LogP contribution in [0.15, 0.2) is 18.2 Å². The minimum absolute atomic E-state index is 0.0825. The average Bonchev–Trinajstić information content (AvgIpc) is 2.40. The number of carbonyl (C=O) groups is 1. The Balaban J connectivity index is 2.46. The molecule has 0 spiro atoms. The minimum Gasteiger partial charge on any atom is -0.478 e. The number of benzene rings is 1. The SMILES string of the molecule is C#CCN1C(=O)C(C(C)C)Oc2cc(CN)ccc21. The Hall–Kier alpha value is -1.99. The van der Waals surface area contributed by atoms with E-state index in [1.54, 1.807) is 4.90 Å². The van der Waals surface area contributed by atoms with Crippen molar-refractivity contribution in [1.29, 1.82) is 0 Å². The van der Waals surface area contributed by atoms with E-state index in [-0.39, 0.29) is 18.4 Å². The average molecular weight is 258 g/mol. The third-order valence-electron chi connectivity index (χ3n) is 3.17. The van der Waals surface area contributed by atoms with Crippen molar-refractivity contribution in [3.05, 3.63) is 23.8 Å². The van der Waals surface area contributed by atoms with Crippen molar-refractivity contribution in [3.8, 4) is 18.1 Å². The molecule has 2 rings (SSSR count). The minimum atomic E-state index is -0.492. The summed E-state index contributed by atoms with van der Waals surface area (Å²) in [5, 5.41) is 0. The van der Waals surface area contributed by atoms with E-state index < -0.39 is 6.10 Å². The summed E-state index contributed by atoms with van der Waals surface area (Å²) >= 11 is 0. The molecule has 0 radical (unpaired) electrons. The highest BCUT2D eigenvalue weighted by Gasteiger charge is 2.35. The number of carbonyl (C=O) groups excluding carboxylic acids is 1. The first-order valence-corrected chi connectivity index (χ1v) is 6.33. The van der Waals surface area contributed by atoms with Gasteiger partial charge in [-0.2, -0.15) is 0 Å². The Kier molecular flexibility index (Phi) is 3.77. The number of hydrogen-bond acceptors (Lipinski definition) is 3. The number of nitrogens with two attached hydrogens (primary N) is 1. The third-order valence-corrected chi connectivity index (χ3v) is 3.17. The lowest BCUT2D eigenvalue weighted by Crippen LogP contribution is -2.48. The number of rotatable bonds is 3. The van der Waals surface area contributed by atoms with Crippen molar-refractivity contribution >= 4 is 11.6 Å². The molecule has 0 aromatic heterocycles. The van der Waals surface area contributed by atoms with Crippen LogP contribution in [0.1, 0.15) is 19.4 Å². The zero-order chi connectivity index (χ0) is 14.0. The number of terminal acetylenes is 1. The molecule has 0 bridgehead atoms. The van der Waals surface area contributed by atoms with E-state index in [1.165, 1.54) is 0 Å². The van der Waals surface area contributed by atoms with E-state index in [1.807, 2.05) is 32.0 Å². The summed E-state index contributed by atoms with van der Waals surface area (Å²) in [5.74, 6) is 3.20. The van der Waals surface area contributed by atoms with Gasteiger partial charge in [-0.3, -0.25) is 9.69 Å². The van der Waals surface area contributed by atoms with Crippen LogP contribution in [0.25, 0.3) is 0 Å². The van der Waals surface area contributed by atoms with Gasteiger partial charge in [0, 0.05) is 6.54 Å². The van der Waals surface area contributed by atoms with Crippen LogP contribution in [0.3, 0.4) is 0 Å². The fourth-order valence-corrected chi connectivity index (χ4v) is 2.14. The lowest BCUT2D eigenvalue weighted by molar-refractivity contribution is -0.128. The Morgan fingerprint density at radius 2 is 2.26 bits per heavy atom. The first kappa shape index (κ1) is 13.4. The van der Waals surface area contributed by atoms with Gasteiger partial charge in [0.1, 0.15) is 5.75 Å². The fraction of sp³-hybridized carbons (Fsp3) is 0.400. The number of fused-ring (bicyclic) bond motifs is 1. The fourth-order valence-electron chi connectivity index (χ4n) is 2.14. The predicted octanol–water partition coefficient (Wildman–Crippen LogP) is 1.53. The molecule has 2 N–H and O–H groups in total. The Labute approximate surface area is 113 Å². The van der Waals surface area contributed by atoms with Gasteiger partial charge in [0.15, 0.2) is 6.10 Å². The molecule has 1 atom stereocenters. The van der Waals surface area contributed by atoms with Gasteiger partial charge in [-0.1, -0.05) is 25.8 Å². The van der Waals surface area contributed by atoms with E-state index in [0.717, 1.165) is 11.3 Å². The Bertz CT molecular complexity index is 531. The van der Waals surface area contributed by atoms with Gasteiger partial charge in [0.25, 0.3) is 5.91 Å². The molecule has 1 unspecified atom stereocenters. The topological polar surface area (TPSA) is 55.6 Å². The van der Waals surface area contributed by atoms with Crippen LogP contribution in [0.4, 0.5) is 5.69 Å². The van der Waals surface area contributed by atoms with E-state index in [2.05, 4.69) is 5.92 Å². The standard InChI is InChI=1S/C15H18N2O2/c1-4-7-17-12-6-5-11(9-16)8-13(12)19-14(10(2)3)15(17)18/h1,5-6,8,10,14H,7,9,16H2,2-3H3. The first-order valence-electron chi connectivity index (χ1n) is 6.33. The lowest BCUT2D eigenvalue weighted by atomic mass is 10.0. The number of nitrogens with zero attached hydrogens (tertiary/aromatic N) is 1. The molecule has 1 amide bonds. The van der Waals surface area contributed by atoms with E-state index in [9.17, 15) is 4.79 Å². The van der Waals surface area contributed by atoms with Gasteiger partial charge in [0.2, 0.25) is 0 Å². The van der Waals surface area contributed by atoms with Gasteiger partial charge in [0.05, 0.1) is 12.2 Å². The van der Waals surface area contributed by atoms with Gasteiger partial charge >= 0.3 is 0 Å². The lowest BCUT2D eigenvalue weighted by Gasteiger charge is -2.35. The quantitative estimate of drug-likeness (QED) is 0.836.